The Bertz CT molecular complexity index is 694. The van der Waals surface area contributed by atoms with E-state index in [1.807, 2.05) is 0 Å². The Morgan fingerprint density at radius 3 is 2.68 bits per heavy atom. The maximum atomic E-state index is 11.6. The van der Waals surface area contributed by atoms with E-state index in [1.165, 1.54) is 31.4 Å². The minimum Gasteiger partial charge on any atom is -0.452 e. The molecule has 3 N–H and O–H groups in total. The summed E-state index contributed by atoms with van der Waals surface area (Å²) in [5, 5.41) is 3.96. The van der Waals surface area contributed by atoms with Crippen LogP contribution < -0.4 is 15.2 Å². The normalized spacial score (nSPS) is 11.5. The minimum absolute atomic E-state index is 0.0889. The molecule has 0 amide bonds. The lowest BCUT2D eigenvalue weighted by molar-refractivity contribution is 0.484. The zero-order valence-corrected chi connectivity index (χ0v) is 11.3. The van der Waals surface area contributed by atoms with Gasteiger partial charge in [0.25, 0.3) is 0 Å². The van der Waals surface area contributed by atoms with Crippen molar-refractivity contribution < 1.29 is 13.2 Å². The number of nitrogen functional groups attached to an aromatic ring is 1. The van der Waals surface area contributed by atoms with Gasteiger partial charge in [-0.05, 0) is 25.2 Å². The molecule has 102 valence electrons. The molecule has 0 aliphatic heterocycles. The van der Waals surface area contributed by atoms with E-state index < -0.39 is 10.0 Å². The van der Waals surface area contributed by atoms with Gasteiger partial charge in [-0.1, -0.05) is 0 Å². The van der Waals surface area contributed by atoms with Gasteiger partial charge in [-0.25, -0.2) is 13.1 Å². The van der Waals surface area contributed by atoms with E-state index >= 15 is 0 Å². The van der Waals surface area contributed by atoms with Gasteiger partial charge in [0.05, 0.1) is 23.0 Å². The summed E-state index contributed by atoms with van der Waals surface area (Å²) in [5.74, 6) is 0.904. The quantitative estimate of drug-likeness (QED) is 0.804. The van der Waals surface area contributed by atoms with Gasteiger partial charge in [-0.15, -0.1) is 0 Å². The lowest BCUT2D eigenvalue weighted by Gasteiger charge is -2.08. The summed E-state index contributed by atoms with van der Waals surface area (Å²) in [6, 6.07) is 4.28. The molecule has 2 aromatic rings. The van der Waals surface area contributed by atoms with E-state index in [9.17, 15) is 8.42 Å². The fraction of sp³-hybridized carbons (Fsp3) is 0.182. The number of ether oxygens (including phenoxy) is 1. The molecule has 0 aliphatic rings. The van der Waals surface area contributed by atoms with Crippen molar-refractivity contribution in [2.75, 3.05) is 12.8 Å². The molecule has 19 heavy (non-hydrogen) atoms. The van der Waals surface area contributed by atoms with Crippen LogP contribution in [-0.2, 0) is 17.1 Å². The highest BCUT2D eigenvalue weighted by Gasteiger charge is 2.13. The summed E-state index contributed by atoms with van der Waals surface area (Å²) in [6.07, 6.45) is 3.22. The fourth-order valence-corrected chi connectivity index (χ4v) is 2.25. The third kappa shape index (κ3) is 2.85. The molecule has 0 atom stereocenters. The highest BCUT2D eigenvalue weighted by atomic mass is 32.2. The van der Waals surface area contributed by atoms with Crippen molar-refractivity contribution in [3.63, 3.8) is 0 Å². The highest BCUT2D eigenvalue weighted by Crippen LogP contribution is 2.29. The van der Waals surface area contributed by atoms with E-state index in [-0.39, 0.29) is 10.6 Å². The van der Waals surface area contributed by atoms with Crippen LogP contribution in [0.1, 0.15) is 0 Å². The molecule has 7 nitrogen and oxygen atoms in total. The van der Waals surface area contributed by atoms with Crippen molar-refractivity contribution in [3.8, 4) is 11.5 Å². The van der Waals surface area contributed by atoms with Crippen LogP contribution in [0.2, 0.25) is 0 Å². The third-order valence-electron chi connectivity index (χ3n) is 2.47. The van der Waals surface area contributed by atoms with E-state index in [4.69, 9.17) is 10.5 Å². The van der Waals surface area contributed by atoms with Gasteiger partial charge < -0.3 is 10.5 Å². The van der Waals surface area contributed by atoms with Crippen molar-refractivity contribution in [1.29, 1.82) is 0 Å². The number of nitrogens with zero attached hydrogens (tertiary/aromatic N) is 2. The van der Waals surface area contributed by atoms with Crippen molar-refractivity contribution in [1.82, 2.24) is 14.5 Å². The molecule has 2 rings (SSSR count). The summed E-state index contributed by atoms with van der Waals surface area (Å²) in [4.78, 5) is 0.0889. The number of nitrogens with two attached hydrogens (primary N) is 1. The minimum atomic E-state index is -3.51. The van der Waals surface area contributed by atoms with Crippen molar-refractivity contribution in [2.24, 2.45) is 7.05 Å². The zero-order valence-electron chi connectivity index (χ0n) is 10.5. The molecular formula is C11H14N4O3S. The monoisotopic (exact) mass is 282 g/mol. The number of nitrogens with one attached hydrogen (secondary N) is 1. The van der Waals surface area contributed by atoms with E-state index in [0.29, 0.717) is 11.5 Å². The second-order valence-electron chi connectivity index (χ2n) is 3.86. The predicted molar refractivity (Wildman–Crippen MR) is 70.4 cm³/mol. The second kappa shape index (κ2) is 4.90. The van der Waals surface area contributed by atoms with Gasteiger partial charge in [0.1, 0.15) is 0 Å². The fourth-order valence-electron chi connectivity index (χ4n) is 1.48. The summed E-state index contributed by atoms with van der Waals surface area (Å²) >= 11 is 0. The number of anilines is 1. The molecule has 0 saturated heterocycles. The SMILES string of the molecule is CNS(=O)(=O)c1ccc(Oc2cnn(C)c2)c(N)c1. The van der Waals surface area contributed by atoms with Crippen LogP contribution in [0.15, 0.2) is 35.5 Å². The molecule has 0 aliphatic carbocycles. The smallest absolute Gasteiger partial charge is 0.240 e. The van der Waals surface area contributed by atoms with Gasteiger partial charge in [-0.2, -0.15) is 5.10 Å². The number of hydrogen-bond acceptors (Lipinski definition) is 5. The van der Waals surface area contributed by atoms with Crippen molar-refractivity contribution in [2.45, 2.75) is 4.90 Å². The molecule has 0 bridgehead atoms. The molecule has 8 heteroatoms. The Labute approximate surface area is 111 Å². The van der Waals surface area contributed by atoms with Crippen LogP contribution in [0.4, 0.5) is 5.69 Å². The van der Waals surface area contributed by atoms with Gasteiger partial charge in [0, 0.05) is 7.05 Å². The standard InChI is InChI=1S/C11H14N4O3S/c1-13-19(16,17)9-3-4-11(10(12)5-9)18-8-6-14-15(2)7-8/h3-7,13H,12H2,1-2H3. The Hall–Kier alpha value is -2.06. The summed E-state index contributed by atoms with van der Waals surface area (Å²) < 4.78 is 32.5. The van der Waals surface area contributed by atoms with Crippen LogP contribution in [0.3, 0.4) is 0 Å². The predicted octanol–water partition coefficient (Wildman–Crippen LogP) is 0.703. The summed E-state index contributed by atoms with van der Waals surface area (Å²) in [5.41, 5.74) is 6.02. The molecule has 0 radical (unpaired) electrons. The lowest BCUT2D eigenvalue weighted by atomic mass is 10.3. The van der Waals surface area contributed by atoms with Gasteiger partial charge in [0.15, 0.2) is 11.5 Å². The van der Waals surface area contributed by atoms with Crippen LogP contribution in [0.25, 0.3) is 0 Å². The Morgan fingerprint density at radius 1 is 1.42 bits per heavy atom. The van der Waals surface area contributed by atoms with Crippen LogP contribution in [-0.4, -0.2) is 25.2 Å². The van der Waals surface area contributed by atoms with Crippen molar-refractivity contribution in [3.05, 3.63) is 30.6 Å². The first-order valence-corrected chi connectivity index (χ1v) is 6.90. The maximum absolute atomic E-state index is 11.6. The molecule has 0 fully saturated rings. The Balaban J connectivity index is 2.30. The first kappa shape index (κ1) is 13.4. The second-order valence-corrected chi connectivity index (χ2v) is 5.75. The average Bonchev–Trinajstić information content (AvgIpc) is 2.77. The first-order chi connectivity index (χ1) is 8.92. The molecule has 0 spiro atoms. The number of aromatic nitrogens is 2. The zero-order chi connectivity index (χ0) is 14.0. The highest BCUT2D eigenvalue weighted by molar-refractivity contribution is 7.89. The van der Waals surface area contributed by atoms with E-state index in [1.54, 1.807) is 17.9 Å². The van der Waals surface area contributed by atoms with Crippen molar-refractivity contribution >= 4 is 15.7 Å². The number of hydrogen-bond donors (Lipinski definition) is 2. The van der Waals surface area contributed by atoms with Crippen LogP contribution in [0.5, 0.6) is 11.5 Å². The maximum Gasteiger partial charge on any atom is 0.240 e. The number of sulfonamides is 1. The molecular weight excluding hydrogens is 268 g/mol. The molecule has 1 aromatic carbocycles. The first-order valence-electron chi connectivity index (χ1n) is 5.42. The molecule has 0 saturated carbocycles. The van der Waals surface area contributed by atoms with E-state index in [0.717, 1.165) is 0 Å². The lowest BCUT2D eigenvalue weighted by Crippen LogP contribution is -2.18. The van der Waals surface area contributed by atoms with Gasteiger partial charge >= 0.3 is 0 Å². The van der Waals surface area contributed by atoms with Crippen LogP contribution >= 0.6 is 0 Å². The molecule has 1 aromatic heterocycles. The number of benzene rings is 1. The molecule has 0 unspecified atom stereocenters. The number of aryl methyl sites for hydroxylation is 1. The van der Waals surface area contributed by atoms with Crippen LogP contribution in [0, 0.1) is 0 Å². The number of rotatable bonds is 4. The topological polar surface area (TPSA) is 99.2 Å². The third-order valence-corrected chi connectivity index (χ3v) is 3.88. The Kier molecular flexibility index (Phi) is 3.45. The van der Waals surface area contributed by atoms with Gasteiger partial charge in [-0.3, -0.25) is 4.68 Å². The van der Waals surface area contributed by atoms with Gasteiger partial charge in [0.2, 0.25) is 10.0 Å². The Morgan fingerprint density at radius 2 is 2.16 bits per heavy atom. The molecule has 1 heterocycles. The summed E-state index contributed by atoms with van der Waals surface area (Å²) in [7, 11) is -0.407. The van der Waals surface area contributed by atoms with E-state index in [2.05, 4.69) is 9.82 Å². The average molecular weight is 282 g/mol. The largest absolute Gasteiger partial charge is 0.452 e. The summed E-state index contributed by atoms with van der Waals surface area (Å²) in [6.45, 7) is 0.